The fourth-order valence-electron chi connectivity index (χ4n) is 3.22. The molecule has 0 bridgehead atoms. The quantitative estimate of drug-likeness (QED) is 0.764. The van der Waals surface area contributed by atoms with Crippen molar-refractivity contribution >= 4 is 11.7 Å². The van der Waals surface area contributed by atoms with E-state index in [1.54, 1.807) is 0 Å². The number of hydrogen-bond donors (Lipinski definition) is 1. The van der Waals surface area contributed by atoms with Crippen LogP contribution < -0.4 is 5.32 Å². The minimum atomic E-state index is -0.0634. The first kappa shape index (κ1) is 18.3. The van der Waals surface area contributed by atoms with Crippen molar-refractivity contribution in [3.63, 3.8) is 0 Å². The summed E-state index contributed by atoms with van der Waals surface area (Å²) < 4.78 is 5.36. The van der Waals surface area contributed by atoms with E-state index >= 15 is 0 Å². The maximum atomic E-state index is 12.4. The van der Waals surface area contributed by atoms with Crippen molar-refractivity contribution < 1.29 is 14.3 Å². The van der Waals surface area contributed by atoms with Crippen LogP contribution in [-0.2, 0) is 4.74 Å². The van der Waals surface area contributed by atoms with Crippen molar-refractivity contribution in [2.75, 3.05) is 19.8 Å². The lowest BCUT2D eigenvalue weighted by Crippen LogP contribution is -2.26. The number of amides is 1. The molecule has 3 rings (SSSR count). The molecule has 0 aromatic heterocycles. The van der Waals surface area contributed by atoms with Crippen LogP contribution in [-0.4, -0.2) is 31.4 Å². The zero-order valence-corrected chi connectivity index (χ0v) is 15.2. The van der Waals surface area contributed by atoms with Crippen LogP contribution in [0.15, 0.2) is 48.5 Å². The number of carbonyl (C=O) groups excluding carboxylic acids is 2. The van der Waals surface area contributed by atoms with Gasteiger partial charge >= 0.3 is 0 Å². The van der Waals surface area contributed by atoms with E-state index in [1.165, 1.54) is 0 Å². The third-order valence-electron chi connectivity index (χ3n) is 4.83. The molecule has 0 spiro atoms. The first-order valence-electron chi connectivity index (χ1n) is 9.27. The molecule has 1 amide bonds. The van der Waals surface area contributed by atoms with E-state index in [9.17, 15) is 9.59 Å². The van der Waals surface area contributed by atoms with Crippen molar-refractivity contribution in [1.82, 2.24) is 5.32 Å². The highest BCUT2D eigenvalue weighted by Gasteiger charge is 2.15. The van der Waals surface area contributed by atoms with Crippen molar-refractivity contribution in [2.24, 2.45) is 5.92 Å². The monoisotopic (exact) mass is 351 g/mol. The second-order valence-corrected chi connectivity index (χ2v) is 6.71. The van der Waals surface area contributed by atoms with E-state index in [2.05, 4.69) is 5.32 Å². The summed E-state index contributed by atoms with van der Waals surface area (Å²) in [6.07, 6.45) is 2.52. The summed E-state index contributed by atoms with van der Waals surface area (Å²) in [6.45, 7) is 4.16. The number of benzene rings is 2. The predicted molar refractivity (Wildman–Crippen MR) is 102 cm³/mol. The van der Waals surface area contributed by atoms with Gasteiger partial charge in [-0.2, -0.15) is 0 Å². The van der Waals surface area contributed by atoms with Gasteiger partial charge in [0.25, 0.3) is 5.91 Å². The van der Waals surface area contributed by atoms with Crippen LogP contribution in [0.3, 0.4) is 0 Å². The number of ketones is 1. The summed E-state index contributed by atoms with van der Waals surface area (Å²) in [4.78, 5) is 24.4. The van der Waals surface area contributed by atoms with Gasteiger partial charge in [-0.05, 0) is 48.1 Å². The van der Waals surface area contributed by atoms with E-state index in [0.29, 0.717) is 30.0 Å². The van der Waals surface area contributed by atoms with Gasteiger partial charge in [0.15, 0.2) is 5.78 Å². The normalized spacial score (nSPS) is 16.4. The smallest absolute Gasteiger partial charge is 0.251 e. The van der Waals surface area contributed by atoms with E-state index in [-0.39, 0.29) is 11.7 Å². The van der Waals surface area contributed by atoms with Gasteiger partial charge in [-0.3, -0.25) is 9.59 Å². The molecular formula is C22H25NO3. The Morgan fingerprint density at radius 2 is 1.77 bits per heavy atom. The highest BCUT2D eigenvalue weighted by atomic mass is 16.5. The molecule has 1 aliphatic rings. The molecule has 2 aromatic rings. The van der Waals surface area contributed by atoms with Gasteiger partial charge in [0, 0.05) is 37.3 Å². The molecule has 0 radical (unpaired) electrons. The second kappa shape index (κ2) is 8.77. The molecule has 26 heavy (non-hydrogen) atoms. The fourth-order valence-corrected chi connectivity index (χ4v) is 3.22. The molecule has 0 unspecified atom stereocenters. The van der Waals surface area contributed by atoms with Crippen LogP contribution in [0, 0.1) is 5.92 Å². The lowest BCUT2D eigenvalue weighted by Gasteiger charge is -2.10. The van der Waals surface area contributed by atoms with Gasteiger partial charge < -0.3 is 10.1 Å². The molecule has 1 fully saturated rings. The Balaban J connectivity index is 1.67. The minimum Gasteiger partial charge on any atom is -0.381 e. The molecule has 4 nitrogen and oxygen atoms in total. The van der Waals surface area contributed by atoms with Crippen LogP contribution in [0.2, 0.25) is 0 Å². The number of nitrogens with one attached hydrogen (secondary N) is 1. The highest BCUT2D eigenvalue weighted by molar-refractivity contribution is 5.98. The molecule has 1 aliphatic heterocycles. The van der Waals surface area contributed by atoms with Crippen molar-refractivity contribution in [3.8, 4) is 11.1 Å². The average Bonchev–Trinajstić information content (AvgIpc) is 3.21. The average molecular weight is 351 g/mol. The van der Waals surface area contributed by atoms with E-state index < -0.39 is 0 Å². The molecular weight excluding hydrogens is 326 g/mol. The SMILES string of the molecule is CCC(=O)c1cccc(-c2cccc(C(=O)NCC[C@@H]3CCOC3)c2)c1. The van der Waals surface area contributed by atoms with E-state index in [1.807, 2.05) is 55.5 Å². The van der Waals surface area contributed by atoms with Gasteiger partial charge in [0.2, 0.25) is 0 Å². The predicted octanol–water partition coefficient (Wildman–Crippen LogP) is 4.10. The number of carbonyl (C=O) groups is 2. The summed E-state index contributed by atoms with van der Waals surface area (Å²) >= 11 is 0. The molecule has 0 aliphatic carbocycles. The summed E-state index contributed by atoms with van der Waals surface area (Å²) in [5, 5.41) is 2.99. The van der Waals surface area contributed by atoms with Gasteiger partial charge in [-0.1, -0.05) is 37.3 Å². The standard InChI is InChI=1S/C22H25NO3/c1-2-21(24)19-7-3-5-17(13-19)18-6-4-8-20(14-18)22(25)23-11-9-16-10-12-26-15-16/h3-8,13-14,16H,2,9-12,15H2,1H3,(H,23,25)/t16-/m1/s1. The molecule has 1 saturated heterocycles. The Hall–Kier alpha value is -2.46. The van der Waals surface area contributed by atoms with Crippen LogP contribution >= 0.6 is 0 Å². The molecule has 2 aromatic carbocycles. The second-order valence-electron chi connectivity index (χ2n) is 6.71. The molecule has 1 heterocycles. The lowest BCUT2D eigenvalue weighted by molar-refractivity contribution is 0.0949. The van der Waals surface area contributed by atoms with Crippen molar-refractivity contribution in [3.05, 3.63) is 59.7 Å². The molecule has 136 valence electrons. The zero-order chi connectivity index (χ0) is 18.4. The Kier molecular flexibility index (Phi) is 6.18. The number of Topliss-reactive ketones (excluding diaryl/α,β-unsaturated/α-hetero) is 1. The maximum Gasteiger partial charge on any atom is 0.251 e. The summed E-state index contributed by atoms with van der Waals surface area (Å²) in [5.41, 5.74) is 3.23. The van der Waals surface area contributed by atoms with E-state index in [0.717, 1.165) is 37.2 Å². The molecule has 0 saturated carbocycles. The molecule has 1 atom stereocenters. The van der Waals surface area contributed by atoms with Crippen molar-refractivity contribution in [1.29, 1.82) is 0 Å². The summed E-state index contributed by atoms with van der Waals surface area (Å²) in [5.74, 6) is 0.615. The number of rotatable bonds is 7. The topological polar surface area (TPSA) is 55.4 Å². The lowest BCUT2D eigenvalue weighted by atomic mass is 9.99. The zero-order valence-electron chi connectivity index (χ0n) is 15.2. The fraction of sp³-hybridized carbons (Fsp3) is 0.364. The van der Waals surface area contributed by atoms with Crippen molar-refractivity contribution in [2.45, 2.75) is 26.2 Å². The highest BCUT2D eigenvalue weighted by Crippen LogP contribution is 2.22. The van der Waals surface area contributed by atoms with Crippen LogP contribution in [0.4, 0.5) is 0 Å². The summed E-state index contributed by atoms with van der Waals surface area (Å²) in [7, 11) is 0. The van der Waals surface area contributed by atoms with Gasteiger partial charge in [0.05, 0.1) is 0 Å². The summed E-state index contributed by atoms with van der Waals surface area (Å²) in [6, 6.07) is 15.1. The van der Waals surface area contributed by atoms with Crippen LogP contribution in [0.1, 0.15) is 46.9 Å². The first-order chi connectivity index (χ1) is 12.7. The number of hydrogen-bond acceptors (Lipinski definition) is 3. The Morgan fingerprint density at radius 1 is 1.08 bits per heavy atom. The molecule has 4 heteroatoms. The third kappa shape index (κ3) is 4.58. The third-order valence-corrected chi connectivity index (χ3v) is 4.83. The van der Waals surface area contributed by atoms with Gasteiger partial charge in [-0.15, -0.1) is 0 Å². The Bertz CT molecular complexity index is 778. The van der Waals surface area contributed by atoms with Gasteiger partial charge in [-0.25, -0.2) is 0 Å². The largest absolute Gasteiger partial charge is 0.381 e. The molecule has 1 N–H and O–H groups in total. The first-order valence-corrected chi connectivity index (χ1v) is 9.27. The van der Waals surface area contributed by atoms with E-state index in [4.69, 9.17) is 4.74 Å². The maximum absolute atomic E-state index is 12.4. The van der Waals surface area contributed by atoms with Crippen LogP contribution in [0.5, 0.6) is 0 Å². The van der Waals surface area contributed by atoms with Gasteiger partial charge in [0.1, 0.15) is 0 Å². The number of ether oxygens (including phenoxy) is 1. The minimum absolute atomic E-state index is 0.0634. The van der Waals surface area contributed by atoms with Crippen LogP contribution in [0.25, 0.3) is 11.1 Å². The Morgan fingerprint density at radius 3 is 2.42 bits per heavy atom. The Labute approximate surface area is 154 Å².